The molecular formula is C20H23ClN3O8P. The van der Waals surface area contributed by atoms with Gasteiger partial charge in [-0.2, -0.15) is 5.09 Å². The molecule has 0 bridgehead atoms. The van der Waals surface area contributed by atoms with Crippen molar-refractivity contribution in [2.24, 2.45) is 0 Å². The highest BCUT2D eigenvalue weighted by Crippen LogP contribution is 2.47. The smallest absolute Gasteiger partial charge is 0.459 e. The number of hydrogen-bond acceptors (Lipinski definition) is 8. The van der Waals surface area contributed by atoms with Crippen LogP contribution in [-0.2, 0) is 23.4 Å². The Kier molecular flexibility index (Phi) is 7.93. The summed E-state index contributed by atoms with van der Waals surface area (Å²) in [6.45, 7) is 2.75. The summed E-state index contributed by atoms with van der Waals surface area (Å²) >= 11 is 6.10. The van der Waals surface area contributed by atoms with Crippen LogP contribution in [0.4, 0.5) is 0 Å². The molecular weight excluding hydrogens is 477 g/mol. The van der Waals surface area contributed by atoms with Gasteiger partial charge < -0.3 is 14.0 Å². The van der Waals surface area contributed by atoms with Gasteiger partial charge in [-0.1, -0.05) is 29.8 Å². The first-order valence-corrected chi connectivity index (χ1v) is 11.7. The molecule has 178 valence electrons. The van der Waals surface area contributed by atoms with Crippen LogP contribution < -0.4 is 20.9 Å². The van der Waals surface area contributed by atoms with Crippen LogP contribution >= 0.6 is 19.3 Å². The number of aromatic amines is 1. The number of para-hydroxylation sites is 1. The number of carbonyl (C=O) groups is 1. The van der Waals surface area contributed by atoms with Gasteiger partial charge in [0.2, 0.25) is 0 Å². The van der Waals surface area contributed by atoms with Crippen molar-refractivity contribution in [3.8, 4) is 5.75 Å². The van der Waals surface area contributed by atoms with Crippen molar-refractivity contribution in [2.75, 3.05) is 13.7 Å². The summed E-state index contributed by atoms with van der Waals surface area (Å²) in [4.78, 5) is 37.7. The lowest BCUT2D eigenvalue weighted by molar-refractivity contribution is -0.142. The highest BCUT2D eigenvalue weighted by atomic mass is 35.5. The molecule has 0 saturated heterocycles. The summed E-state index contributed by atoms with van der Waals surface area (Å²) in [5, 5.41) is 2.71. The predicted molar refractivity (Wildman–Crippen MR) is 119 cm³/mol. The van der Waals surface area contributed by atoms with Gasteiger partial charge in [-0.15, -0.1) is 0 Å². The van der Waals surface area contributed by atoms with Crippen molar-refractivity contribution >= 4 is 25.3 Å². The van der Waals surface area contributed by atoms with E-state index in [2.05, 4.69) is 14.8 Å². The summed E-state index contributed by atoms with van der Waals surface area (Å²) in [6, 6.07) is 5.33. The quantitative estimate of drug-likeness (QED) is 0.302. The summed E-state index contributed by atoms with van der Waals surface area (Å²) in [5.74, 6) is -0.588. The van der Waals surface area contributed by atoms with E-state index in [1.807, 2.05) is 0 Å². The zero-order chi connectivity index (χ0) is 24.2. The zero-order valence-corrected chi connectivity index (χ0v) is 19.7. The number of aromatic nitrogens is 2. The van der Waals surface area contributed by atoms with Gasteiger partial charge in [-0.3, -0.25) is 23.7 Å². The summed E-state index contributed by atoms with van der Waals surface area (Å²) in [5.41, 5.74) is -0.783. The minimum Gasteiger partial charge on any atom is -0.468 e. The van der Waals surface area contributed by atoms with Crippen molar-refractivity contribution in [1.29, 1.82) is 0 Å². The highest BCUT2D eigenvalue weighted by molar-refractivity contribution is 7.52. The second kappa shape index (κ2) is 10.5. The molecule has 1 aromatic heterocycles. The lowest BCUT2D eigenvalue weighted by Crippen LogP contribution is -2.35. The second-order valence-electron chi connectivity index (χ2n) is 7.12. The number of aryl methyl sites for hydroxylation is 1. The molecule has 1 aliphatic heterocycles. The molecule has 1 aromatic carbocycles. The van der Waals surface area contributed by atoms with E-state index < -0.39 is 43.3 Å². The van der Waals surface area contributed by atoms with E-state index in [4.69, 9.17) is 25.4 Å². The van der Waals surface area contributed by atoms with E-state index in [1.54, 1.807) is 37.3 Å². The fourth-order valence-electron chi connectivity index (χ4n) is 2.89. The molecule has 0 aliphatic carbocycles. The molecule has 3 unspecified atom stereocenters. The fourth-order valence-corrected chi connectivity index (χ4v) is 4.64. The maximum absolute atomic E-state index is 13.4. The molecule has 4 atom stereocenters. The Balaban J connectivity index is 1.72. The maximum Gasteiger partial charge on any atom is 0.459 e. The Morgan fingerprint density at radius 1 is 1.33 bits per heavy atom. The van der Waals surface area contributed by atoms with Crippen molar-refractivity contribution in [1.82, 2.24) is 14.6 Å². The molecule has 0 saturated carbocycles. The number of H-pyrrole nitrogens is 1. The van der Waals surface area contributed by atoms with Gasteiger partial charge in [0.1, 0.15) is 17.9 Å². The summed E-state index contributed by atoms with van der Waals surface area (Å²) in [6.07, 6.45) is 3.09. The van der Waals surface area contributed by atoms with E-state index in [9.17, 15) is 18.9 Å². The van der Waals surface area contributed by atoms with E-state index in [0.29, 0.717) is 5.56 Å². The number of nitrogens with zero attached hydrogens (tertiary/aromatic N) is 1. The number of carbonyl (C=O) groups excluding carboxylic acids is 1. The first-order valence-electron chi connectivity index (χ1n) is 9.82. The van der Waals surface area contributed by atoms with Crippen molar-refractivity contribution in [3.05, 3.63) is 74.0 Å². The van der Waals surface area contributed by atoms with E-state index in [1.165, 1.54) is 30.9 Å². The molecule has 1 aliphatic rings. The Bertz CT molecular complexity index is 1210. The van der Waals surface area contributed by atoms with Crippen LogP contribution in [0, 0.1) is 6.92 Å². The number of rotatable bonds is 9. The van der Waals surface area contributed by atoms with Gasteiger partial charge in [0.25, 0.3) is 5.56 Å². The Morgan fingerprint density at radius 2 is 2.06 bits per heavy atom. The van der Waals surface area contributed by atoms with E-state index in [0.717, 1.165) is 0 Å². The normalized spacial score (nSPS) is 20.2. The van der Waals surface area contributed by atoms with E-state index >= 15 is 0 Å². The molecule has 2 N–H and O–H groups in total. The molecule has 0 amide bonds. The number of halogens is 1. The van der Waals surface area contributed by atoms with Gasteiger partial charge >= 0.3 is 19.4 Å². The molecule has 0 fully saturated rings. The average Bonchev–Trinajstić information content (AvgIpc) is 3.25. The number of nitrogens with one attached hydrogen (secondary N) is 2. The van der Waals surface area contributed by atoms with Gasteiger partial charge in [0.05, 0.1) is 18.7 Å². The van der Waals surface area contributed by atoms with Crippen LogP contribution in [0.15, 0.2) is 52.2 Å². The van der Waals surface area contributed by atoms with Gasteiger partial charge in [0, 0.05) is 11.8 Å². The third-order valence-corrected chi connectivity index (χ3v) is 6.54. The lowest BCUT2D eigenvalue weighted by atomic mass is 10.3. The first-order chi connectivity index (χ1) is 15.6. The fraction of sp³-hybridized carbons (Fsp3) is 0.350. The largest absolute Gasteiger partial charge is 0.468 e. The summed E-state index contributed by atoms with van der Waals surface area (Å²) < 4.78 is 36.1. The molecule has 13 heteroatoms. The van der Waals surface area contributed by atoms with Crippen LogP contribution in [0.1, 0.15) is 18.7 Å². The third-order valence-electron chi connectivity index (χ3n) is 4.60. The van der Waals surface area contributed by atoms with Crippen molar-refractivity contribution in [2.45, 2.75) is 32.2 Å². The predicted octanol–water partition coefficient (Wildman–Crippen LogP) is 2.31. The molecule has 0 spiro atoms. The molecule has 33 heavy (non-hydrogen) atoms. The van der Waals surface area contributed by atoms with Gasteiger partial charge in [0.15, 0.2) is 6.23 Å². The average molecular weight is 500 g/mol. The first kappa shape index (κ1) is 24.9. The highest BCUT2D eigenvalue weighted by Gasteiger charge is 2.34. The molecule has 2 heterocycles. The topological polar surface area (TPSA) is 138 Å². The van der Waals surface area contributed by atoms with E-state index in [-0.39, 0.29) is 17.4 Å². The van der Waals surface area contributed by atoms with Crippen molar-refractivity contribution < 1.29 is 27.9 Å². The lowest BCUT2D eigenvalue weighted by Gasteiger charge is -2.24. The van der Waals surface area contributed by atoms with Gasteiger partial charge in [-0.05, 0) is 32.1 Å². The molecule has 11 nitrogen and oxygen atoms in total. The Hall–Kier alpha value is -2.69. The molecule has 2 aromatic rings. The van der Waals surface area contributed by atoms with Crippen molar-refractivity contribution in [3.63, 3.8) is 0 Å². The number of benzene rings is 1. The minimum absolute atomic E-state index is 0.0862. The number of esters is 1. The molecule has 0 radical (unpaired) electrons. The number of methoxy groups -OCH3 is 1. The number of ether oxygens (including phenoxy) is 2. The summed E-state index contributed by atoms with van der Waals surface area (Å²) in [7, 11) is -2.93. The Morgan fingerprint density at radius 3 is 2.76 bits per heavy atom. The third kappa shape index (κ3) is 6.21. The number of hydrogen-bond donors (Lipinski definition) is 2. The van der Waals surface area contributed by atoms with Crippen LogP contribution in [0.2, 0.25) is 5.02 Å². The van der Waals surface area contributed by atoms with Crippen LogP contribution in [0.5, 0.6) is 5.75 Å². The second-order valence-corrected chi connectivity index (χ2v) is 9.22. The molecule has 3 rings (SSSR count). The van der Waals surface area contributed by atoms with Crippen LogP contribution in [0.3, 0.4) is 0 Å². The zero-order valence-electron chi connectivity index (χ0n) is 18.0. The van der Waals surface area contributed by atoms with Crippen LogP contribution in [0.25, 0.3) is 0 Å². The standard InChI is InChI=1S/C20H23ClN3O8P/c1-12-10-24(20(27)22-18(12)25)17-9-8-14(31-17)11-30-33(28,23-13(2)19(26)29-3)32-16-7-5-4-6-15(16)21/h4-10,13-14,17H,11H2,1-3H3,(H,23,28)(H,22,25,27)/t13-,14?,17?,33?/m0/s1. The monoisotopic (exact) mass is 499 g/mol. The SMILES string of the molecule is COC(=O)[C@H](C)NP(=O)(OCC1C=CC(n2cc(C)c(=O)[nH]c2=O)O1)Oc1ccccc1Cl. The van der Waals surface area contributed by atoms with Gasteiger partial charge in [-0.25, -0.2) is 9.36 Å². The van der Waals surface area contributed by atoms with Crippen LogP contribution in [-0.4, -0.2) is 41.4 Å². The Labute approximate surface area is 193 Å². The maximum atomic E-state index is 13.4. The minimum atomic E-state index is -4.12.